The molecule has 0 bridgehead atoms. The average molecular weight is 507 g/mol. The molecular weight excluding hydrogens is 476 g/mol. The minimum atomic E-state index is -0.272. The van der Waals surface area contributed by atoms with Crippen molar-refractivity contribution < 1.29 is 14.4 Å². The van der Waals surface area contributed by atoms with E-state index in [1.165, 1.54) is 0 Å². The third-order valence-corrected chi connectivity index (χ3v) is 5.88. The third-order valence-electron chi connectivity index (χ3n) is 5.88. The molecule has 0 radical (unpaired) electrons. The fraction of sp³-hybridized carbons (Fsp3) is 0.129. The van der Waals surface area contributed by atoms with Gasteiger partial charge >= 0.3 is 0 Å². The van der Waals surface area contributed by atoms with Gasteiger partial charge in [-0.25, -0.2) is 0 Å². The Balaban J connectivity index is 1.29. The Labute approximate surface area is 222 Å². The molecule has 0 heterocycles. The lowest BCUT2D eigenvalue weighted by Gasteiger charge is -2.18. The van der Waals surface area contributed by atoms with Crippen LogP contribution in [0, 0.1) is 0 Å². The summed E-state index contributed by atoms with van der Waals surface area (Å²) in [4.78, 5) is 39.6. The molecule has 38 heavy (non-hydrogen) atoms. The molecule has 0 unspecified atom stereocenters. The summed E-state index contributed by atoms with van der Waals surface area (Å²) in [6, 6.07) is 33.3. The highest BCUT2D eigenvalue weighted by Crippen LogP contribution is 2.15. The van der Waals surface area contributed by atoms with Crippen molar-refractivity contribution in [3.8, 4) is 0 Å². The number of carbonyl (C=O) groups excluding carboxylic acids is 3. The van der Waals surface area contributed by atoms with E-state index in [9.17, 15) is 14.4 Å². The molecule has 192 valence electrons. The van der Waals surface area contributed by atoms with Crippen LogP contribution in [0.1, 0.15) is 31.8 Å². The lowest BCUT2D eigenvalue weighted by Crippen LogP contribution is -2.26. The topological polar surface area (TPSA) is 90.5 Å². The zero-order chi connectivity index (χ0) is 26.7. The van der Waals surface area contributed by atoms with Crippen LogP contribution >= 0.6 is 0 Å². The summed E-state index contributed by atoms with van der Waals surface area (Å²) < 4.78 is 0. The van der Waals surface area contributed by atoms with E-state index in [0.29, 0.717) is 35.6 Å². The van der Waals surface area contributed by atoms with Gasteiger partial charge in [0.15, 0.2) is 0 Å². The Hall–Kier alpha value is -4.91. The average Bonchev–Trinajstić information content (AvgIpc) is 2.96. The number of rotatable bonds is 10. The highest BCUT2D eigenvalue weighted by atomic mass is 16.2. The van der Waals surface area contributed by atoms with Crippen molar-refractivity contribution in [2.24, 2.45) is 0 Å². The predicted molar refractivity (Wildman–Crippen MR) is 150 cm³/mol. The maximum absolute atomic E-state index is 12.9. The first-order valence-electron chi connectivity index (χ1n) is 12.3. The fourth-order valence-corrected chi connectivity index (χ4v) is 3.92. The van der Waals surface area contributed by atoms with Crippen LogP contribution in [0.2, 0.25) is 0 Å². The standard InChI is InChI=1S/C31H30N4O3/c1-35(22-24-12-6-3-7-13-24)31(38)26-15-9-17-28(19-26)34-29(36)21-32-27-16-8-14-25(18-27)30(37)33-20-23-10-4-2-5-11-23/h2-19,32H,20-22H2,1H3,(H,33,37)(H,34,36). The van der Waals surface area contributed by atoms with Crippen LogP contribution in [0.15, 0.2) is 109 Å². The number of amides is 3. The first kappa shape index (κ1) is 26.2. The van der Waals surface area contributed by atoms with Crippen LogP contribution in [0.5, 0.6) is 0 Å². The van der Waals surface area contributed by atoms with Crippen LogP contribution in [0.4, 0.5) is 11.4 Å². The molecule has 0 atom stereocenters. The predicted octanol–water partition coefficient (Wildman–Crippen LogP) is 4.94. The third kappa shape index (κ3) is 7.54. The van der Waals surface area contributed by atoms with E-state index < -0.39 is 0 Å². The summed E-state index contributed by atoms with van der Waals surface area (Å²) >= 11 is 0. The molecule has 3 amide bonds. The van der Waals surface area contributed by atoms with E-state index in [4.69, 9.17) is 0 Å². The molecule has 0 aliphatic heterocycles. The summed E-state index contributed by atoms with van der Waals surface area (Å²) in [6.07, 6.45) is 0. The van der Waals surface area contributed by atoms with Gasteiger partial charge in [-0.3, -0.25) is 14.4 Å². The van der Waals surface area contributed by atoms with Gasteiger partial charge in [0.1, 0.15) is 0 Å². The molecule has 0 saturated heterocycles. The SMILES string of the molecule is CN(Cc1ccccc1)C(=O)c1cccc(NC(=O)CNc2cccc(C(=O)NCc3ccccc3)c2)c1. The highest BCUT2D eigenvalue weighted by molar-refractivity contribution is 5.98. The molecule has 7 heteroatoms. The number of benzene rings is 4. The summed E-state index contributed by atoms with van der Waals surface area (Å²) in [5.41, 5.74) is 4.22. The van der Waals surface area contributed by atoms with Crippen LogP contribution in [0.25, 0.3) is 0 Å². The highest BCUT2D eigenvalue weighted by Gasteiger charge is 2.13. The molecule has 0 saturated carbocycles. The van der Waals surface area contributed by atoms with Crippen molar-refractivity contribution >= 4 is 29.1 Å². The van der Waals surface area contributed by atoms with Crippen LogP contribution < -0.4 is 16.0 Å². The lowest BCUT2D eigenvalue weighted by molar-refractivity contribution is -0.114. The van der Waals surface area contributed by atoms with Gasteiger partial charge in [-0.2, -0.15) is 0 Å². The Kier molecular flexibility index (Phi) is 8.86. The Morgan fingerprint density at radius 3 is 2.00 bits per heavy atom. The molecule has 7 nitrogen and oxygen atoms in total. The molecule has 4 rings (SSSR count). The van der Waals surface area contributed by atoms with Crippen molar-refractivity contribution in [1.82, 2.24) is 10.2 Å². The van der Waals surface area contributed by atoms with Gasteiger partial charge in [0.05, 0.1) is 6.54 Å². The minimum absolute atomic E-state index is 0.00116. The quantitative estimate of drug-likeness (QED) is 0.284. The van der Waals surface area contributed by atoms with Crippen molar-refractivity contribution in [3.05, 3.63) is 131 Å². The normalized spacial score (nSPS) is 10.3. The first-order valence-corrected chi connectivity index (χ1v) is 12.3. The smallest absolute Gasteiger partial charge is 0.253 e. The molecule has 3 N–H and O–H groups in total. The molecule has 0 spiro atoms. The van der Waals surface area contributed by atoms with Crippen molar-refractivity contribution in [2.45, 2.75) is 13.1 Å². The Bertz CT molecular complexity index is 1390. The van der Waals surface area contributed by atoms with Crippen molar-refractivity contribution in [1.29, 1.82) is 0 Å². The summed E-state index contributed by atoms with van der Waals surface area (Å²) in [5, 5.41) is 8.77. The van der Waals surface area contributed by atoms with E-state index in [1.807, 2.05) is 60.7 Å². The second-order valence-electron chi connectivity index (χ2n) is 8.88. The Morgan fingerprint density at radius 2 is 1.29 bits per heavy atom. The molecular formula is C31H30N4O3. The van der Waals surface area contributed by atoms with Gasteiger partial charge in [-0.1, -0.05) is 72.8 Å². The first-order chi connectivity index (χ1) is 18.5. The number of hydrogen-bond acceptors (Lipinski definition) is 4. The van der Waals surface area contributed by atoms with Crippen molar-refractivity contribution in [3.63, 3.8) is 0 Å². The largest absolute Gasteiger partial charge is 0.376 e. The van der Waals surface area contributed by atoms with Crippen LogP contribution in [-0.4, -0.2) is 36.2 Å². The molecule has 0 aliphatic rings. The van der Waals surface area contributed by atoms with E-state index in [1.54, 1.807) is 60.5 Å². The van der Waals surface area contributed by atoms with Gasteiger partial charge in [-0.15, -0.1) is 0 Å². The molecule has 4 aromatic rings. The number of nitrogens with zero attached hydrogens (tertiary/aromatic N) is 1. The number of carbonyl (C=O) groups is 3. The molecule has 0 fully saturated rings. The summed E-state index contributed by atoms with van der Waals surface area (Å²) in [6.45, 7) is 0.925. The zero-order valence-electron chi connectivity index (χ0n) is 21.2. The van der Waals surface area contributed by atoms with Gasteiger partial charge in [0.25, 0.3) is 11.8 Å². The van der Waals surface area contributed by atoms with Gasteiger partial charge in [-0.05, 0) is 47.5 Å². The van der Waals surface area contributed by atoms with E-state index in [-0.39, 0.29) is 24.3 Å². The summed E-state index contributed by atoms with van der Waals surface area (Å²) in [7, 11) is 1.75. The second-order valence-corrected chi connectivity index (χ2v) is 8.88. The number of anilines is 2. The van der Waals surface area contributed by atoms with E-state index in [2.05, 4.69) is 16.0 Å². The van der Waals surface area contributed by atoms with Gasteiger partial charge < -0.3 is 20.9 Å². The lowest BCUT2D eigenvalue weighted by atomic mass is 10.1. The van der Waals surface area contributed by atoms with Crippen LogP contribution in [-0.2, 0) is 17.9 Å². The zero-order valence-corrected chi connectivity index (χ0v) is 21.2. The van der Waals surface area contributed by atoms with Crippen molar-refractivity contribution in [2.75, 3.05) is 24.2 Å². The molecule has 0 aromatic heterocycles. The second kappa shape index (κ2) is 12.9. The summed E-state index contributed by atoms with van der Waals surface area (Å²) in [5.74, 6) is -0.600. The maximum Gasteiger partial charge on any atom is 0.253 e. The maximum atomic E-state index is 12.9. The number of hydrogen-bond donors (Lipinski definition) is 3. The molecule has 4 aromatic carbocycles. The monoisotopic (exact) mass is 506 g/mol. The van der Waals surface area contributed by atoms with Gasteiger partial charge in [0.2, 0.25) is 5.91 Å². The fourth-order valence-electron chi connectivity index (χ4n) is 3.92. The Morgan fingerprint density at radius 1 is 0.684 bits per heavy atom. The van der Waals surface area contributed by atoms with E-state index in [0.717, 1.165) is 11.1 Å². The minimum Gasteiger partial charge on any atom is -0.376 e. The van der Waals surface area contributed by atoms with Gasteiger partial charge in [0, 0.05) is 42.6 Å². The van der Waals surface area contributed by atoms with Crippen LogP contribution in [0.3, 0.4) is 0 Å². The van der Waals surface area contributed by atoms with E-state index >= 15 is 0 Å². The molecule has 0 aliphatic carbocycles. The number of nitrogens with one attached hydrogen (secondary N) is 3.